The molecular formula is C21H25N5. The van der Waals surface area contributed by atoms with Crippen molar-refractivity contribution in [3.63, 3.8) is 0 Å². The number of nitrogens with one attached hydrogen (secondary N) is 1. The first-order valence-electron chi connectivity index (χ1n) is 9.36. The van der Waals surface area contributed by atoms with Crippen LogP contribution in [0.1, 0.15) is 47.8 Å². The second-order valence-corrected chi connectivity index (χ2v) is 7.21. The van der Waals surface area contributed by atoms with Gasteiger partial charge in [0.2, 0.25) is 0 Å². The predicted molar refractivity (Wildman–Crippen MR) is 102 cm³/mol. The van der Waals surface area contributed by atoms with Gasteiger partial charge >= 0.3 is 0 Å². The summed E-state index contributed by atoms with van der Waals surface area (Å²) in [5, 5.41) is 16.2. The van der Waals surface area contributed by atoms with Crippen LogP contribution in [0.3, 0.4) is 0 Å². The predicted octanol–water partition coefficient (Wildman–Crippen LogP) is 3.91. The third kappa shape index (κ3) is 3.27. The Morgan fingerprint density at radius 3 is 2.42 bits per heavy atom. The van der Waals surface area contributed by atoms with Crippen LogP contribution in [0.4, 0.5) is 0 Å². The maximum Gasteiger partial charge on any atom is 0.170 e. The van der Waals surface area contributed by atoms with Crippen molar-refractivity contribution in [3.05, 3.63) is 71.0 Å². The van der Waals surface area contributed by atoms with Crippen LogP contribution in [-0.2, 0) is 6.54 Å². The van der Waals surface area contributed by atoms with Gasteiger partial charge in [0.15, 0.2) is 5.82 Å². The van der Waals surface area contributed by atoms with Crippen molar-refractivity contribution in [2.24, 2.45) is 5.92 Å². The molecule has 3 aromatic rings. The molecule has 1 saturated carbocycles. The molecule has 134 valence electrons. The fourth-order valence-corrected chi connectivity index (χ4v) is 3.82. The van der Waals surface area contributed by atoms with E-state index < -0.39 is 0 Å². The maximum atomic E-state index is 4.28. The Morgan fingerprint density at radius 2 is 1.77 bits per heavy atom. The number of aromatic nitrogens is 4. The second kappa shape index (κ2) is 7.38. The SMILES string of the molecule is Cc1cccc(C)c1-n1nnnc1CN[C@H](c1ccccc1)C1CCC1. The number of para-hydroxylation sites is 1. The number of tetrazole rings is 1. The molecule has 1 fully saturated rings. The van der Waals surface area contributed by atoms with E-state index in [4.69, 9.17) is 0 Å². The van der Waals surface area contributed by atoms with Crippen molar-refractivity contribution in [1.82, 2.24) is 25.5 Å². The minimum absolute atomic E-state index is 0.355. The average molecular weight is 347 g/mol. The summed E-state index contributed by atoms with van der Waals surface area (Å²) in [5.74, 6) is 1.55. The van der Waals surface area contributed by atoms with E-state index in [-0.39, 0.29) is 0 Å². The monoisotopic (exact) mass is 347 g/mol. The van der Waals surface area contributed by atoms with Gasteiger partial charge in [-0.1, -0.05) is 55.0 Å². The number of nitrogens with zero attached hydrogens (tertiary/aromatic N) is 4. The zero-order valence-corrected chi connectivity index (χ0v) is 15.4. The molecule has 1 aliphatic rings. The Morgan fingerprint density at radius 1 is 1.04 bits per heavy atom. The van der Waals surface area contributed by atoms with E-state index in [0.717, 1.165) is 11.5 Å². The van der Waals surface area contributed by atoms with Crippen molar-refractivity contribution in [3.8, 4) is 5.69 Å². The first-order chi connectivity index (χ1) is 12.7. The van der Waals surface area contributed by atoms with E-state index in [1.165, 1.54) is 36.0 Å². The number of hydrogen-bond donors (Lipinski definition) is 1. The first-order valence-corrected chi connectivity index (χ1v) is 9.36. The summed E-state index contributed by atoms with van der Waals surface area (Å²) in [6.45, 7) is 4.85. The third-order valence-electron chi connectivity index (χ3n) is 5.45. The average Bonchev–Trinajstić information content (AvgIpc) is 3.05. The van der Waals surface area contributed by atoms with Crippen molar-refractivity contribution in [2.45, 2.75) is 45.7 Å². The van der Waals surface area contributed by atoms with Gasteiger partial charge in [-0.3, -0.25) is 0 Å². The van der Waals surface area contributed by atoms with E-state index in [9.17, 15) is 0 Å². The fourth-order valence-electron chi connectivity index (χ4n) is 3.82. The minimum Gasteiger partial charge on any atom is -0.303 e. The van der Waals surface area contributed by atoms with Crippen molar-refractivity contribution in [1.29, 1.82) is 0 Å². The van der Waals surface area contributed by atoms with Gasteiger partial charge in [-0.2, -0.15) is 4.68 Å². The highest BCUT2D eigenvalue weighted by atomic mass is 15.5. The zero-order chi connectivity index (χ0) is 17.9. The van der Waals surface area contributed by atoms with Crippen molar-refractivity contribution in [2.75, 3.05) is 0 Å². The first kappa shape index (κ1) is 16.9. The Hall–Kier alpha value is -2.53. The Balaban J connectivity index is 1.57. The molecule has 0 aliphatic heterocycles. The lowest BCUT2D eigenvalue weighted by molar-refractivity contribution is 0.228. The zero-order valence-electron chi connectivity index (χ0n) is 15.4. The van der Waals surface area contributed by atoms with Gasteiger partial charge in [-0.05, 0) is 59.7 Å². The number of hydrogen-bond acceptors (Lipinski definition) is 4. The summed E-state index contributed by atoms with van der Waals surface area (Å²) in [6.07, 6.45) is 3.90. The van der Waals surface area contributed by atoms with Crippen molar-refractivity contribution < 1.29 is 0 Å². The summed E-state index contributed by atoms with van der Waals surface area (Å²) in [6, 6.07) is 17.3. The van der Waals surface area contributed by atoms with Gasteiger partial charge in [-0.15, -0.1) is 5.10 Å². The van der Waals surface area contributed by atoms with E-state index >= 15 is 0 Å². The molecule has 0 saturated heterocycles. The molecule has 5 heteroatoms. The van der Waals surface area contributed by atoms with E-state index in [0.29, 0.717) is 18.5 Å². The highest BCUT2D eigenvalue weighted by Gasteiger charge is 2.28. The lowest BCUT2D eigenvalue weighted by atomic mass is 9.77. The Bertz CT molecular complexity index is 847. The lowest BCUT2D eigenvalue weighted by Gasteiger charge is -2.34. The highest BCUT2D eigenvalue weighted by Crippen LogP contribution is 2.37. The smallest absolute Gasteiger partial charge is 0.170 e. The highest BCUT2D eigenvalue weighted by molar-refractivity contribution is 5.46. The van der Waals surface area contributed by atoms with Crippen LogP contribution in [0.5, 0.6) is 0 Å². The van der Waals surface area contributed by atoms with E-state index in [1.807, 2.05) is 4.68 Å². The fraction of sp³-hybridized carbons (Fsp3) is 0.381. The molecule has 2 aromatic carbocycles. The van der Waals surface area contributed by atoms with E-state index in [2.05, 4.69) is 83.2 Å². The van der Waals surface area contributed by atoms with Crippen molar-refractivity contribution >= 4 is 0 Å². The maximum absolute atomic E-state index is 4.28. The molecule has 1 aliphatic carbocycles. The topological polar surface area (TPSA) is 55.6 Å². The molecule has 1 atom stereocenters. The van der Waals surface area contributed by atoms with Gasteiger partial charge in [0.25, 0.3) is 0 Å². The molecule has 4 rings (SSSR count). The molecular weight excluding hydrogens is 322 g/mol. The van der Waals surface area contributed by atoms with E-state index in [1.54, 1.807) is 0 Å². The molecule has 0 unspecified atom stereocenters. The molecule has 1 N–H and O–H groups in total. The number of rotatable bonds is 6. The summed E-state index contributed by atoms with van der Waals surface area (Å²) >= 11 is 0. The third-order valence-corrected chi connectivity index (χ3v) is 5.45. The quantitative estimate of drug-likeness (QED) is 0.734. The van der Waals surface area contributed by atoms with Gasteiger partial charge in [-0.25, -0.2) is 0 Å². The largest absolute Gasteiger partial charge is 0.303 e. The standard InChI is InChI=1S/C21H25N5/c1-15-8-6-9-16(2)21(15)26-19(23-24-25-26)14-22-20(18-12-7-13-18)17-10-4-3-5-11-17/h3-6,8-11,18,20,22H,7,12-14H2,1-2H3/t20-/m1/s1. The Kier molecular flexibility index (Phi) is 4.80. The second-order valence-electron chi connectivity index (χ2n) is 7.21. The van der Waals surface area contributed by atoms with Crippen LogP contribution < -0.4 is 5.32 Å². The lowest BCUT2D eigenvalue weighted by Crippen LogP contribution is -2.32. The summed E-state index contributed by atoms with van der Waals surface area (Å²) in [7, 11) is 0. The molecule has 0 bridgehead atoms. The van der Waals surface area contributed by atoms with Crippen LogP contribution >= 0.6 is 0 Å². The molecule has 0 spiro atoms. The molecule has 1 aromatic heterocycles. The van der Waals surface area contributed by atoms with Crippen LogP contribution in [-0.4, -0.2) is 20.2 Å². The number of benzene rings is 2. The normalized spacial score (nSPS) is 15.6. The molecule has 26 heavy (non-hydrogen) atoms. The molecule has 0 amide bonds. The van der Waals surface area contributed by atoms with Gasteiger partial charge in [0, 0.05) is 6.04 Å². The molecule has 0 radical (unpaired) electrons. The summed E-state index contributed by atoms with van der Waals surface area (Å²) in [4.78, 5) is 0. The summed E-state index contributed by atoms with van der Waals surface area (Å²) < 4.78 is 1.88. The van der Waals surface area contributed by atoms with Gasteiger partial charge < -0.3 is 5.32 Å². The van der Waals surface area contributed by atoms with Crippen LogP contribution in [0.15, 0.2) is 48.5 Å². The minimum atomic E-state index is 0.355. The van der Waals surface area contributed by atoms with Crippen LogP contribution in [0.2, 0.25) is 0 Å². The van der Waals surface area contributed by atoms with Crippen LogP contribution in [0, 0.1) is 19.8 Å². The van der Waals surface area contributed by atoms with Crippen LogP contribution in [0.25, 0.3) is 5.69 Å². The molecule has 1 heterocycles. The molecule has 5 nitrogen and oxygen atoms in total. The number of aryl methyl sites for hydroxylation is 2. The van der Waals surface area contributed by atoms with Gasteiger partial charge in [0.05, 0.1) is 12.2 Å². The summed E-state index contributed by atoms with van der Waals surface area (Å²) in [5.41, 5.74) is 4.78. The van der Waals surface area contributed by atoms with Gasteiger partial charge in [0.1, 0.15) is 0 Å². The Labute approximate surface area is 154 Å².